The van der Waals surface area contributed by atoms with E-state index in [9.17, 15) is 4.39 Å². The van der Waals surface area contributed by atoms with Crippen LogP contribution in [-0.4, -0.2) is 0 Å². The molecule has 0 amide bonds. The number of nitrogens with two attached hydrogens (primary N) is 1. The van der Waals surface area contributed by atoms with Gasteiger partial charge in [-0.15, -0.1) is 0 Å². The van der Waals surface area contributed by atoms with Gasteiger partial charge in [-0.1, -0.05) is 43.5 Å². The number of hydrogen-bond acceptors (Lipinski definition) is 1. The Hall–Kier alpha value is -0.310. The minimum absolute atomic E-state index is 0.0631. The Bertz CT molecular complexity index is 355. The Labute approximate surface area is 99.4 Å². The van der Waals surface area contributed by atoms with Crippen LogP contribution >= 0.6 is 23.2 Å². The van der Waals surface area contributed by atoms with Crippen LogP contribution in [0, 0.1) is 11.7 Å². The van der Waals surface area contributed by atoms with Crippen LogP contribution in [0.3, 0.4) is 0 Å². The lowest BCUT2D eigenvalue weighted by atomic mass is 9.93. The lowest BCUT2D eigenvalue weighted by molar-refractivity contribution is 0.439. The monoisotopic (exact) mass is 249 g/mol. The van der Waals surface area contributed by atoms with Crippen molar-refractivity contribution < 1.29 is 4.39 Å². The Morgan fingerprint density at radius 2 is 1.87 bits per heavy atom. The minimum Gasteiger partial charge on any atom is -0.324 e. The molecule has 0 radical (unpaired) electrons. The van der Waals surface area contributed by atoms with Gasteiger partial charge in [0.2, 0.25) is 0 Å². The normalized spacial score (nSPS) is 15.1. The van der Waals surface area contributed by atoms with Crippen molar-refractivity contribution in [3.05, 3.63) is 33.6 Å². The van der Waals surface area contributed by atoms with Crippen LogP contribution in [0.5, 0.6) is 0 Å². The summed E-state index contributed by atoms with van der Waals surface area (Å²) in [4.78, 5) is 0. The third kappa shape index (κ3) is 2.63. The third-order valence-corrected chi connectivity index (χ3v) is 3.29. The molecule has 0 spiro atoms. The molecule has 0 aromatic heterocycles. The fourth-order valence-corrected chi connectivity index (χ4v) is 1.82. The van der Waals surface area contributed by atoms with Crippen molar-refractivity contribution in [2.45, 2.75) is 26.3 Å². The highest BCUT2D eigenvalue weighted by Crippen LogP contribution is 2.33. The Balaban J connectivity index is 3.18. The quantitative estimate of drug-likeness (QED) is 0.800. The molecule has 1 unspecified atom stereocenters. The maximum absolute atomic E-state index is 13.7. The smallest absolute Gasteiger partial charge is 0.148 e. The van der Waals surface area contributed by atoms with Gasteiger partial charge < -0.3 is 5.73 Å². The molecular weight excluding hydrogens is 236 g/mol. The van der Waals surface area contributed by atoms with Gasteiger partial charge in [-0.05, 0) is 18.1 Å². The fraction of sp³-hybridized carbons (Fsp3) is 0.455. The maximum atomic E-state index is 13.7. The first kappa shape index (κ1) is 12.8. The van der Waals surface area contributed by atoms with Gasteiger partial charge in [-0.2, -0.15) is 0 Å². The van der Waals surface area contributed by atoms with Crippen LogP contribution in [0.15, 0.2) is 12.1 Å². The molecule has 0 bridgehead atoms. The lowest BCUT2D eigenvalue weighted by Crippen LogP contribution is -2.20. The Morgan fingerprint density at radius 3 is 2.40 bits per heavy atom. The van der Waals surface area contributed by atoms with Crippen molar-refractivity contribution in [3.8, 4) is 0 Å². The van der Waals surface area contributed by atoms with Crippen molar-refractivity contribution in [2.24, 2.45) is 11.7 Å². The second-order valence-electron chi connectivity index (χ2n) is 3.67. The van der Waals surface area contributed by atoms with Gasteiger partial charge in [-0.25, -0.2) is 4.39 Å². The summed E-state index contributed by atoms with van der Waals surface area (Å²) in [5.74, 6) is -0.340. The van der Waals surface area contributed by atoms with E-state index in [1.807, 2.05) is 13.8 Å². The minimum atomic E-state index is -0.503. The zero-order chi connectivity index (χ0) is 11.6. The second-order valence-corrected chi connectivity index (χ2v) is 4.48. The summed E-state index contributed by atoms with van der Waals surface area (Å²) in [7, 11) is 0. The van der Waals surface area contributed by atoms with Gasteiger partial charge in [0.05, 0.1) is 5.02 Å². The molecule has 84 valence electrons. The molecule has 0 heterocycles. The van der Waals surface area contributed by atoms with Crippen molar-refractivity contribution in [3.63, 3.8) is 0 Å². The third-order valence-electron chi connectivity index (χ3n) is 2.67. The van der Waals surface area contributed by atoms with E-state index in [2.05, 4.69) is 0 Å². The predicted octanol–water partition coefficient (Wildman–Crippen LogP) is 4.18. The Kier molecular flexibility index (Phi) is 4.38. The van der Waals surface area contributed by atoms with E-state index in [0.29, 0.717) is 10.6 Å². The number of rotatable bonds is 3. The first-order valence-corrected chi connectivity index (χ1v) is 5.63. The molecule has 15 heavy (non-hydrogen) atoms. The van der Waals surface area contributed by atoms with E-state index in [1.165, 1.54) is 6.07 Å². The molecule has 1 rings (SSSR count). The molecule has 0 aliphatic carbocycles. The van der Waals surface area contributed by atoms with Crippen LogP contribution in [0.4, 0.5) is 4.39 Å². The van der Waals surface area contributed by atoms with Crippen LogP contribution < -0.4 is 5.73 Å². The second kappa shape index (κ2) is 5.15. The SMILES string of the molecule is CCC(C)[C@H](N)c1c(Cl)ccc(Cl)c1F. The predicted molar refractivity (Wildman–Crippen MR) is 62.8 cm³/mol. The van der Waals surface area contributed by atoms with Crippen molar-refractivity contribution >= 4 is 23.2 Å². The summed E-state index contributed by atoms with van der Waals surface area (Å²) in [5, 5.41) is 0.401. The van der Waals surface area contributed by atoms with Gasteiger partial charge in [-0.3, -0.25) is 0 Å². The van der Waals surface area contributed by atoms with Crippen molar-refractivity contribution in [1.82, 2.24) is 0 Å². The first-order chi connectivity index (χ1) is 6.99. The topological polar surface area (TPSA) is 26.0 Å². The van der Waals surface area contributed by atoms with Crippen LogP contribution in [-0.2, 0) is 0 Å². The van der Waals surface area contributed by atoms with E-state index in [4.69, 9.17) is 28.9 Å². The van der Waals surface area contributed by atoms with Gasteiger partial charge >= 0.3 is 0 Å². The van der Waals surface area contributed by atoms with Gasteiger partial charge in [0.1, 0.15) is 5.82 Å². The highest BCUT2D eigenvalue weighted by molar-refractivity contribution is 6.33. The summed E-state index contributed by atoms with van der Waals surface area (Å²) >= 11 is 11.6. The van der Waals surface area contributed by atoms with E-state index >= 15 is 0 Å². The van der Waals surface area contributed by atoms with E-state index in [-0.39, 0.29) is 10.9 Å². The molecule has 2 atom stereocenters. The van der Waals surface area contributed by atoms with Crippen LogP contribution in [0.1, 0.15) is 31.9 Å². The Morgan fingerprint density at radius 1 is 1.33 bits per heavy atom. The summed E-state index contributed by atoms with van der Waals surface area (Å²) < 4.78 is 13.7. The highest BCUT2D eigenvalue weighted by atomic mass is 35.5. The van der Waals surface area contributed by atoms with Gasteiger partial charge in [0, 0.05) is 16.6 Å². The number of hydrogen-bond donors (Lipinski definition) is 1. The maximum Gasteiger partial charge on any atom is 0.148 e. The molecule has 0 saturated carbocycles. The zero-order valence-electron chi connectivity index (χ0n) is 8.73. The van der Waals surface area contributed by atoms with E-state index in [1.54, 1.807) is 6.07 Å². The number of halogens is 3. The fourth-order valence-electron chi connectivity index (χ4n) is 1.39. The van der Waals surface area contributed by atoms with Gasteiger partial charge in [0.25, 0.3) is 0 Å². The van der Waals surface area contributed by atoms with Gasteiger partial charge in [0.15, 0.2) is 0 Å². The molecular formula is C11H14Cl2FN. The van der Waals surface area contributed by atoms with Crippen LogP contribution in [0.2, 0.25) is 10.0 Å². The molecule has 0 aliphatic rings. The molecule has 1 aromatic carbocycles. The molecule has 2 N–H and O–H groups in total. The van der Waals surface area contributed by atoms with Crippen molar-refractivity contribution in [2.75, 3.05) is 0 Å². The highest BCUT2D eigenvalue weighted by Gasteiger charge is 2.21. The molecule has 4 heteroatoms. The standard InChI is InChI=1S/C11H14Cl2FN/c1-3-6(2)11(15)9-7(12)4-5-8(13)10(9)14/h4-6,11H,3,15H2,1-2H3/t6?,11-/m0/s1. The van der Waals surface area contributed by atoms with Crippen LogP contribution in [0.25, 0.3) is 0 Å². The molecule has 0 fully saturated rings. The average molecular weight is 250 g/mol. The summed E-state index contributed by atoms with van der Waals surface area (Å²) in [5.41, 5.74) is 6.25. The number of benzene rings is 1. The summed E-state index contributed by atoms with van der Waals surface area (Å²) in [6.07, 6.45) is 0.865. The molecule has 0 saturated heterocycles. The molecule has 0 aliphatic heterocycles. The summed E-state index contributed by atoms with van der Waals surface area (Å²) in [6, 6.07) is 2.59. The summed E-state index contributed by atoms with van der Waals surface area (Å²) in [6.45, 7) is 3.96. The molecule has 1 aromatic rings. The first-order valence-electron chi connectivity index (χ1n) is 4.88. The van der Waals surface area contributed by atoms with E-state index < -0.39 is 11.9 Å². The van der Waals surface area contributed by atoms with Crippen molar-refractivity contribution in [1.29, 1.82) is 0 Å². The lowest BCUT2D eigenvalue weighted by Gasteiger charge is -2.20. The zero-order valence-corrected chi connectivity index (χ0v) is 10.2. The largest absolute Gasteiger partial charge is 0.324 e. The molecule has 1 nitrogen and oxygen atoms in total. The average Bonchev–Trinajstić information content (AvgIpc) is 2.22. The van der Waals surface area contributed by atoms with E-state index in [0.717, 1.165) is 6.42 Å².